The van der Waals surface area contributed by atoms with Crippen molar-refractivity contribution in [1.82, 2.24) is 9.78 Å². The van der Waals surface area contributed by atoms with Gasteiger partial charge in [0.1, 0.15) is 5.69 Å². The smallest absolute Gasteiger partial charge is 0.354 e. The summed E-state index contributed by atoms with van der Waals surface area (Å²) >= 11 is 0. The predicted octanol–water partition coefficient (Wildman–Crippen LogP) is 2.27. The quantitative estimate of drug-likeness (QED) is 0.879. The van der Waals surface area contributed by atoms with Crippen molar-refractivity contribution in [2.45, 2.75) is 19.3 Å². The third-order valence-electron chi connectivity index (χ3n) is 3.49. The lowest BCUT2D eigenvalue weighted by Gasteiger charge is -2.01. The number of carbonyl (C=O) groups is 1. The highest BCUT2D eigenvalue weighted by Crippen LogP contribution is 2.27. The second kappa shape index (κ2) is 3.98. The fourth-order valence-corrected chi connectivity index (χ4v) is 2.54. The molecule has 4 nitrogen and oxygen atoms in total. The number of carboxylic acids is 1. The Morgan fingerprint density at radius 3 is 2.78 bits per heavy atom. The van der Waals surface area contributed by atoms with E-state index in [1.165, 1.54) is 22.2 Å². The fourth-order valence-electron chi connectivity index (χ4n) is 2.54. The lowest BCUT2D eigenvalue weighted by atomic mass is 10.0. The number of hydrogen-bond donors (Lipinski definition) is 1. The zero-order valence-electron chi connectivity index (χ0n) is 10.2. The molecule has 4 heteroatoms. The van der Waals surface area contributed by atoms with Crippen LogP contribution in [0.2, 0.25) is 0 Å². The summed E-state index contributed by atoms with van der Waals surface area (Å²) < 4.78 is 1.41. The Hall–Kier alpha value is -2.10. The van der Waals surface area contributed by atoms with Crippen LogP contribution >= 0.6 is 0 Å². The van der Waals surface area contributed by atoms with E-state index in [9.17, 15) is 4.79 Å². The Labute approximate surface area is 105 Å². The first-order chi connectivity index (χ1) is 8.65. The van der Waals surface area contributed by atoms with E-state index < -0.39 is 5.97 Å². The highest BCUT2D eigenvalue weighted by molar-refractivity contribution is 5.87. The zero-order chi connectivity index (χ0) is 12.7. The summed E-state index contributed by atoms with van der Waals surface area (Å²) in [7, 11) is 1.65. The second-order valence-corrected chi connectivity index (χ2v) is 4.68. The van der Waals surface area contributed by atoms with Crippen molar-refractivity contribution in [3.05, 3.63) is 41.1 Å². The topological polar surface area (TPSA) is 55.1 Å². The molecule has 0 saturated heterocycles. The molecule has 0 saturated carbocycles. The minimum atomic E-state index is -0.947. The second-order valence-electron chi connectivity index (χ2n) is 4.68. The normalized spacial score (nSPS) is 13.6. The van der Waals surface area contributed by atoms with Crippen LogP contribution in [0, 0.1) is 0 Å². The number of aryl methyl sites for hydroxylation is 3. The van der Waals surface area contributed by atoms with Crippen LogP contribution in [-0.4, -0.2) is 20.9 Å². The molecule has 0 atom stereocenters. The summed E-state index contributed by atoms with van der Waals surface area (Å²) in [6, 6.07) is 7.92. The van der Waals surface area contributed by atoms with Crippen LogP contribution in [0.25, 0.3) is 11.3 Å². The van der Waals surface area contributed by atoms with Gasteiger partial charge in [0.25, 0.3) is 0 Å². The number of hydrogen-bond acceptors (Lipinski definition) is 2. The van der Waals surface area contributed by atoms with Crippen LogP contribution in [0.5, 0.6) is 0 Å². The number of fused-ring (bicyclic) bond motifs is 1. The van der Waals surface area contributed by atoms with Crippen LogP contribution < -0.4 is 0 Å². The van der Waals surface area contributed by atoms with E-state index in [4.69, 9.17) is 5.11 Å². The molecule has 0 bridgehead atoms. The maximum atomic E-state index is 11.0. The molecule has 3 rings (SSSR count). The van der Waals surface area contributed by atoms with Gasteiger partial charge in [-0.3, -0.25) is 4.68 Å². The van der Waals surface area contributed by atoms with E-state index in [1.54, 1.807) is 13.1 Å². The Balaban J connectivity index is 2.05. The van der Waals surface area contributed by atoms with Crippen molar-refractivity contribution >= 4 is 5.97 Å². The number of aromatic nitrogens is 2. The molecule has 2 aromatic rings. The van der Waals surface area contributed by atoms with Crippen LogP contribution in [0.15, 0.2) is 24.3 Å². The Morgan fingerprint density at radius 1 is 1.28 bits per heavy atom. The number of rotatable bonds is 2. The molecule has 1 aromatic carbocycles. The van der Waals surface area contributed by atoms with Crippen molar-refractivity contribution in [2.75, 3.05) is 0 Å². The van der Waals surface area contributed by atoms with Gasteiger partial charge >= 0.3 is 5.97 Å². The number of aromatic carboxylic acids is 1. The number of benzene rings is 1. The summed E-state index contributed by atoms with van der Waals surface area (Å²) in [4.78, 5) is 11.0. The first kappa shape index (κ1) is 11.0. The van der Waals surface area contributed by atoms with Crippen molar-refractivity contribution in [2.24, 2.45) is 7.05 Å². The first-order valence-corrected chi connectivity index (χ1v) is 6.04. The summed E-state index contributed by atoms with van der Waals surface area (Å²) in [5, 5.41) is 13.3. The van der Waals surface area contributed by atoms with Gasteiger partial charge in [0, 0.05) is 12.6 Å². The average Bonchev–Trinajstić information content (AvgIpc) is 2.93. The molecule has 0 radical (unpaired) electrons. The molecule has 0 amide bonds. The minimum Gasteiger partial charge on any atom is -0.477 e. The Morgan fingerprint density at radius 2 is 2.06 bits per heavy atom. The monoisotopic (exact) mass is 242 g/mol. The third-order valence-corrected chi connectivity index (χ3v) is 3.49. The predicted molar refractivity (Wildman–Crippen MR) is 67.6 cm³/mol. The highest BCUT2D eigenvalue weighted by atomic mass is 16.4. The van der Waals surface area contributed by atoms with Gasteiger partial charge in [-0.1, -0.05) is 12.1 Å². The molecule has 0 aliphatic heterocycles. The maximum Gasteiger partial charge on any atom is 0.354 e. The van der Waals surface area contributed by atoms with Crippen molar-refractivity contribution in [3.63, 3.8) is 0 Å². The summed E-state index contributed by atoms with van der Waals surface area (Å²) in [6.07, 6.45) is 3.47. The highest BCUT2D eigenvalue weighted by Gasteiger charge is 2.15. The zero-order valence-corrected chi connectivity index (χ0v) is 10.2. The van der Waals surface area contributed by atoms with Crippen LogP contribution in [0.3, 0.4) is 0 Å². The average molecular weight is 242 g/mol. The molecule has 1 aromatic heterocycles. The van der Waals surface area contributed by atoms with Gasteiger partial charge in [0.2, 0.25) is 0 Å². The molecule has 1 N–H and O–H groups in total. The molecular weight excluding hydrogens is 228 g/mol. The van der Waals surface area contributed by atoms with Crippen molar-refractivity contribution in [3.8, 4) is 11.3 Å². The fraction of sp³-hybridized carbons (Fsp3) is 0.286. The van der Waals surface area contributed by atoms with Gasteiger partial charge in [-0.15, -0.1) is 0 Å². The van der Waals surface area contributed by atoms with Crippen molar-refractivity contribution in [1.29, 1.82) is 0 Å². The maximum absolute atomic E-state index is 11.0. The lowest BCUT2D eigenvalue weighted by Crippen LogP contribution is -2.04. The molecular formula is C14H14N2O2. The summed E-state index contributed by atoms with van der Waals surface area (Å²) in [5.74, 6) is -0.947. The van der Waals surface area contributed by atoms with E-state index in [0.717, 1.165) is 24.1 Å². The summed E-state index contributed by atoms with van der Waals surface area (Å²) in [6.45, 7) is 0. The molecule has 1 heterocycles. The lowest BCUT2D eigenvalue weighted by molar-refractivity contribution is 0.0685. The van der Waals surface area contributed by atoms with Crippen molar-refractivity contribution < 1.29 is 9.90 Å². The molecule has 18 heavy (non-hydrogen) atoms. The van der Waals surface area contributed by atoms with Crippen LogP contribution in [-0.2, 0) is 19.9 Å². The van der Waals surface area contributed by atoms with Gasteiger partial charge < -0.3 is 5.11 Å². The van der Waals surface area contributed by atoms with E-state index >= 15 is 0 Å². The Bertz CT molecular complexity index is 629. The van der Waals surface area contributed by atoms with Gasteiger partial charge in [-0.25, -0.2) is 4.79 Å². The minimum absolute atomic E-state index is 0.213. The van der Waals surface area contributed by atoms with E-state index in [1.807, 2.05) is 6.07 Å². The first-order valence-electron chi connectivity index (χ1n) is 6.04. The SMILES string of the molecule is Cn1nc(-c2ccc3c(c2)CCC3)cc1C(=O)O. The largest absolute Gasteiger partial charge is 0.477 e. The van der Waals surface area contributed by atoms with E-state index in [-0.39, 0.29) is 5.69 Å². The number of nitrogens with zero attached hydrogens (tertiary/aromatic N) is 2. The molecule has 0 spiro atoms. The van der Waals surface area contributed by atoms with Crippen LogP contribution in [0.4, 0.5) is 0 Å². The molecule has 0 fully saturated rings. The third kappa shape index (κ3) is 1.70. The van der Waals surface area contributed by atoms with Gasteiger partial charge in [-0.2, -0.15) is 5.10 Å². The number of carboxylic acid groups (broad SMARTS) is 1. The molecule has 92 valence electrons. The molecule has 1 aliphatic carbocycles. The van der Waals surface area contributed by atoms with Gasteiger partial charge in [0.05, 0.1) is 5.69 Å². The summed E-state index contributed by atoms with van der Waals surface area (Å²) in [5.41, 5.74) is 4.72. The van der Waals surface area contributed by atoms with Gasteiger partial charge in [0.15, 0.2) is 0 Å². The molecule has 1 aliphatic rings. The molecule has 0 unspecified atom stereocenters. The Kier molecular flexibility index (Phi) is 2.44. The van der Waals surface area contributed by atoms with E-state index in [0.29, 0.717) is 0 Å². The van der Waals surface area contributed by atoms with Crippen LogP contribution in [0.1, 0.15) is 28.0 Å². The standard InChI is InChI=1S/C14H14N2O2/c1-16-13(14(17)18)8-12(15-16)11-6-5-9-3-2-4-10(9)7-11/h5-8H,2-4H2,1H3,(H,17,18). The van der Waals surface area contributed by atoms with E-state index in [2.05, 4.69) is 17.2 Å². The van der Waals surface area contributed by atoms with Gasteiger partial charge in [-0.05, 0) is 42.5 Å².